The summed E-state index contributed by atoms with van der Waals surface area (Å²) in [6.07, 6.45) is 6.46. The molecular weight excluding hydrogens is 220 g/mol. The minimum Gasteiger partial charge on any atom is -0.287 e. The number of rotatable bonds is 2. The van der Waals surface area contributed by atoms with E-state index in [0.717, 1.165) is 17.5 Å². The molecule has 3 saturated carbocycles. The van der Waals surface area contributed by atoms with Crippen molar-refractivity contribution in [1.82, 2.24) is 4.98 Å². The summed E-state index contributed by atoms with van der Waals surface area (Å²) < 4.78 is 0. The Labute approximate surface area is 110 Å². The summed E-state index contributed by atoms with van der Waals surface area (Å²) in [7, 11) is 0. The highest BCUT2D eigenvalue weighted by molar-refractivity contribution is 5.76. The van der Waals surface area contributed by atoms with Crippen LogP contribution in [0, 0.1) is 23.2 Å². The number of pyridine rings is 1. The van der Waals surface area contributed by atoms with Gasteiger partial charge >= 0.3 is 0 Å². The van der Waals surface area contributed by atoms with Crippen molar-refractivity contribution >= 4 is 6.21 Å². The number of nitrogens with zero attached hydrogens (tertiary/aromatic N) is 2. The zero-order chi connectivity index (χ0) is 12.8. The first-order valence-electron chi connectivity index (χ1n) is 7.03. The molecule has 0 aromatic carbocycles. The molecule has 18 heavy (non-hydrogen) atoms. The minimum atomic E-state index is 0.504. The molecule has 3 fully saturated rings. The van der Waals surface area contributed by atoms with Crippen molar-refractivity contribution in [2.75, 3.05) is 0 Å². The van der Waals surface area contributed by atoms with Crippen molar-refractivity contribution in [2.24, 2.45) is 28.2 Å². The largest absolute Gasteiger partial charge is 0.287 e. The molecule has 0 saturated heterocycles. The number of hydrogen-bond acceptors (Lipinski definition) is 2. The van der Waals surface area contributed by atoms with Crippen molar-refractivity contribution in [3.8, 4) is 0 Å². The topological polar surface area (TPSA) is 25.2 Å². The Morgan fingerprint density at radius 1 is 1.33 bits per heavy atom. The molecule has 0 N–H and O–H groups in total. The Morgan fingerprint density at radius 3 is 2.78 bits per heavy atom. The SMILES string of the molecule is C[C@H]1[C@@H](N=Cc2ccccn2)C[C@@H]2C[C@H]1C2(C)C. The van der Waals surface area contributed by atoms with E-state index >= 15 is 0 Å². The van der Waals surface area contributed by atoms with Crippen LogP contribution in [0.15, 0.2) is 29.4 Å². The lowest BCUT2D eigenvalue weighted by atomic mass is 9.45. The molecule has 4 atom stereocenters. The monoisotopic (exact) mass is 242 g/mol. The Bertz CT molecular complexity index is 449. The van der Waals surface area contributed by atoms with Crippen LogP contribution in [0.5, 0.6) is 0 Å². The van der Waals surface area contributed by atoms with Crippen molar-refractivity contribution < 1.29 is 0 Å². The highest BCUT2D eigenvalue weighted by Gasteiger charge is 2.56. The highest BCUT2D eigenvalue weighted by atomic mass is 14.8. The summed E-state index contributed by atoms with van der Waals surface area (Å²) >= 11 is 0. The Hall–Kier alpha value is -1.18. The summed E-state index contributed by atoms with van der Waals surface area (Å²) in [6.45, 7) is 7.24. The maximum atomic E-state index is 4.79. The second kappa shape index (κ2) is 4.18. The molecule has 4 rings (SSSR count). The van der Waals surface area contributed by atoms with E-state index in [1.54, 1.807) is 0 Å². The summed E-state index contributed by atoms with van der Waals surface area (Å²) in [5.74, 6) is 2.46. The highest BCUT2D eigenvalue weighted by Crippen LogP contribution is 2.61. The number of fused-ring (bicyclic) bond motifs is 2. The molecule has 0 amide bonds. The van der Waals surface area contributed by atoms with Gasteiger partial charge in [-0.2, -0.15) is 0 Å². The van der Waals surface area contributed by atoms with Gasteiger partial charge in [-0.3, -0.25) is 9.98 Å². The van der Waals surface area contributed by atoms with E-state index < -0.39 is 0 Å². The smallest absolute Gasteiger partial charge is 0.0807 e. The van der Waals surface area contributed by atoms with E-state index in [0.29, 0.717) is 17.4 Å². The zero-order valence-corrected chi connectivity index (χ0v) is 11.5. The molecule has 0 spiro atoms. The summed E-state index contributed by atoms with van der Waals surface area (Å²) in [4.78, 5) is 9.09. The Kier molecular flexibility index (Phi) is 2.76. The first-order valence-corrected chi connectivity index (χ1v) is 7.03. The van der Waals surface area contributed by atoms with Crippen LogP contribution in [-0.4, -0.2) is 17.2 Å². The fourth-order valence-corrected chi connectivity index (χ4v) is 3.94. The number of aliphatic imine (C=N–C) groups is 1. The van der Waals surface area contributed by atoms with Gasteiger partial charge in [0.2, 0.25) is 0 Å². The molecule has 2 bridgehead atoms. The van der Waals surface area contributed by atoms with Crippen LogP contribution in [0.2, 0.25) is 0 Å². The summed E-state index contributed by atoms with van der Waals surface area (Å²) in [6, 6.07) is 6.47. The van der Waals surface area contributed by atoms with E-state index in [1.165, 1.54) is 12.8 Å². The average Bonchev–Trinajstić information content (AvgIpc) is 2.38. The van der Waals surface area contributed by atoms with E-state index in [9.17, 15) is 0 Å². The van der Waals surface area contributed by atoms with Gasteiger partial charge in [0.05, 0.1) is 11.7 Å². The second-order valence-electron chi connectivity index (χ2n) is 6.56. The molecule has 3 aliphatic carbocycles. The fourth-order valence-electron chi connectivity index (χ4n) is 3.94. The van der Waals surface area contributed by atoms with Gasteiger partial charge in [0, 0.05) is 12.4 Å². The molecule has 0 aliphatic heterocycles. The third kappa shape index (κ3) is 1.79. The third-order valence-corrected chi connectivity index (χ3v) is 5.40. The molecule has 0 unspecified atom stereocenters. The van der Waals surface area contributed by atoms with E-state index in [2.05, 4.69) is 25.8 Å². The van der Waals surface area contributed by atoms with Gasteiger partial charge in [0.15, 0.2) is 0 Å². The zero-order valence-electron chi connectivity index (χ0n) is 11.5. The average molecular weight is 242 g/mol. The van der Waals surface area contributed by atoms with E-state index in [-0.39, 0.29) is 0 Å². The van der Waals surface area contributed by atoms with E-state index in [4.69, 9.17) is 4.99 Å². The van der Waals surface area contributed by atoms with Crippen LogP contribution in [0.3, 0.4) is 0 Å². The van der Waals surface area contributed by atoms with Gasteiger partial charge in [-0.1, -0.05) is 26.8 Å². The first kappa shape index (κ1) is 11.9. The van der Waals surface area contributed by atoms with Crippen LogP contribution in [0.25, 0.3) is 0 Å². The molecular formula is C16H22N2. The van der Waals surface area contributed by atoms with Crippen molar-refractivity contribution in [3.63, 3.8) is 0 Å². The van der Waals surface area contributed by atoms with Gasteiger partial charge in [0.1, 0.15) is 0 Å². The van der Waals surface area contributed by atoms with Gasteiger partial charge in [0.25, 0.3) is 0 Å². The standard InChI is InChI=1S/C16H22N2/c1-11-14-8-12(16(14,2)3)9-15(11)18-10-13-6-4-5-7-17-13/h4-7,10-12,14-15H,8-9H2,1-3H3/t11-,12+,14-,15+/m1/s1. The second-order valence-corrected chi connectivity index (χ2v) is 6.56. The first-order chi connectivity index (χ1) is 8.59. The molecule has 2 nitrogen and oxygen atoms in total. The number of aromatic nitrogens is 1. The van der Waals surface area contributed by atoms with Crippen LogP contribution in [-0.2, 0) is 0 Å². The molecule has 1 aromatic rings. The maximum Gasteiger partial charge on any atom is 0.0807 e. The Morgan fingerprint density at radius 2 is 2.17 bits per heavy atom. The van der Waals surface area contributed by atoms with Crippen molar-refractivity contribution in [2.45, 2.75) is 39.7 Å². The minimum absolute atomic E-state index is 0.504. The maximum absolute atomic E-state index is 4.79. The lowest BCUT2D eigenvalue weighted by molar-refractivity contribution is -0.108. The molecule has 96 valence electrons. The third-order valence-electron chi connectivity index (χ3n) is 5.40. The van der Waals surface area contributed by atoms with Crippen LogP contribution < -0.4 is 0 Å². The lowest BCUT2D eigenvalue weighted by Crippen LogP contribution is -2.56. The van der Waals surface area contributed by atoms with Crippen LogP contribution in [0.4, 0.5) is 0 Å². The van der Waals surface area contributed by atoms with Gasteiger partial charge in [-0.25, -0.2) is 0 Å². The molecule has 2 heteroatoms. The summed E-state index contributed by atoms with van der Waals surface area (Å²) in [5, 5.41) is 0. The van der Waals surface area contributed by atoms with Crippen molar-refractivity contribution in [1.29, 1.82) is 0 Å². The number of hydrogen-bond donors (Lipinski definition) is 0. The predicted molar refractivity (Wildman–Crippen MR) is 74.8 cm³/mol. The normalized spacial score (nSPS) is 37.5. The van der Waals surface area contributed by atoms with Gasteiger partial charge in [-0.05, 0) is 48.1 Å². The van der Waals surface area contributed by atoms with Gasteiger partial charge < -0.3 is 0 Å². The summed E-state index contributed by atoms with van der Waals surface area (Å²) in [5.41, 5.74) is 1.53. The van der Waals surface area contributed by atoms with Crippen LogP contribution in [0.1, 0.15) is 39.3 Å². The van der Waals surface area contributed by atoms with Gasteiger partial charge in [-0.15, -0.1) is 0 Å². The predicted octanol–water partition coefficient (Wildman–Crippen LogP) is 3.57. The quantitative estimate of drug-likeness (QED) is 0.728. The van der Waals surface area contributed by atoms with Crippen molar-refractivity contribution in [3.05, 3.63) is 30.1 Å². The lowest BCUT2D eigenvalue weighted by Gasteiger charge is -2.61. The Balaban J connectivity index is 1.71. The molecule has 3 aliphatic rings. The van der Waals surface area contributed by atoms with E-state index in [1.807, 2.05) is 30.6 Å². The molecule has 1 aromatic heterocycles. The van der Waals surface area contributed by atoms with Crippen LogP contribution >= 0.6 is 0 Å². The molecule has 1 heterocycles. The molecule has 0 radical (unpaired) electrons. The fraction of sp³-hybridized carbons (Fsp3) is 0.625.